The third kappa shape index (κ3) is 3.05. The average Bonchev–Trinajstić information content (AvgIpc) is 2.50. The third-order valence-electron chi connectivity index (χ3n) is 3.53. The van der Waals surface area contributed by atoms with E-state index in [1.54, 1.807) is 0 Å². The van der Waals surface area contributed by atoms with Crippen molar-refractivity contribution in [1.82, 2.24) is 0 Å². The van der Waals surface area contributed by atoms with E-state index >= 15 is 0 Å². The molecule has 0 aromatic heterocycles. The Morgan fingerprint density at radius 3 is 2.47 bits per heavy atom. The highest BCUT2D eigenvalue weighted by Gasteiger charge is 2.03. The predicted molar refractivity (Wildman–Crippen MR) is 82.9 cm³/mol. The molecule has 0 radical (unpaired) electrons. The molecule has 0 amide bonds. The highest BCUT2D eigenvalue weighted by molar-refractivity contribution is 5.75. The van der Waals surface area contributed by atoms with Crippen LogP contribution in [-0.2, 0) is 0 Å². The molecule has 0 spiro atoms. The van der Waals surface area contributed by atoms with Gasteiger partial charge in [-0.3, -0.25) is 0 Å². The van der Waals surface area contributed by atoms with E-state index in [1.165, 1.54) is 28.9 Å². The first-order valence-electron chi connectivity index (χ1n) is 7.02. The second-order valence-corrected chi connectivity index (χ2v) is 5.00. The molecule has 0 saturated carbocycles. The van der Waals surface area contributed by atoms with E-state index in [1.807, 2.05) is 0 Å². The van der Waals surface area contributed by atoms with E-state index in [0.29, 0.717) is 0 Å². The summed E-state index contributed by atoms with van der Waals surface area (Å²) in [5.41, 5.74) is 5.12. The highest BCUT2D eigenvalue weighted by atomic mass is 14.9. The van der Waals surface area contributed by atoms with Gasteiger partial charge in [-0.2, -0.15) is 0 Å². The van der Waals surface area contributed by atoms with E-state index in [9.17, 15) is 0 Å². The lowest BCUT2D eigenvalue weighted by atomic mass is 9.99. The summed E-state index contributed by atoms with van der Waals surface area (Å²) in [6.07, 6.45) is 17.8. The minimum Gasteiger partial charge on any atom is -0.359 e. The molecule has 19 heavy (non-hydrogen) atoms. The second-order valence-electron chi connectivity index (χ2n) is 5.00. The Labute approximate surface area is 115 Å². The van der Waals surface area contributed by atoms with Crippen molar-refractivity contribution in [3.8, 4) is 0 Å². The van der Waals surface area contributed by atoms with Crippen molar-refractivity contribution < 1.29 is 0 Å². The van der Waals surface area contributed by atoms with Crippen molar-refractivity contribution >= 4 is 11.3 Å². The van der Waals surface area contributed by atoms with Gasteiger partial charge in [0.15, 0.2) is 0 Å². The Hall–Kier alpha value is -2.02. The molecule has 0 fully saturated rings. The van der Waals surface area contributed by atoms with Crippen LogP contribution < -0.4 is 5.32 Å². The van der Waals surface area contributed by atoms with Crippen LogP contribution in [0.2, 0.25) is 0 Å². The number of nitrogens with one attached hydrogen (secondary N) is 1. The molecule has 2 aliphatic carbocycles. The van der Waals surface area contributed by atoms with Crippen LogP contribution in [0.5, 0.6) is 0 Å². The SMILES string of the molecule is C1=CCCC(Nc2ccc(C3=CCCC=C3)cc2)=C1. The summed E-state index contributed by atoms with van der Waals surface area (Å²) in [4.78, 5) is 0. The maximum atomic E-state index is 3.48. The van der Waals surface area contributed by atoms with Crippen LogP contribution in [0.15, 0.2) is 66.4 Å². The Morgan fingerprint density at radius 2 is 1.79 bits per heavy atom. The van der Waals surface area contributed by atoms with Crippen molar-refractivity contribution in [3.63, 3.8) is 0 Å². The summed E-state index contributed by atoms with van der Waals surface area (Å²) >= 11 is 0. The minimum atomic E-state index is 1.10. The molecular weight excluding hydrogens is 230 g/mol. The molecule has 0 unspecified atom stereocenters. The van der Waals surface area contributed by atoms with Gasteiger partial charge in [0.2, 0.25) is 0 Å². The van der Waals surface area contributed by atoms with Gasteiger partial charge in [0, 0.05) is 11.4 Å². The number of allylic oxidation sites excluding steroid dienone is 8. The van der Waals surface area contributed by atoms with Crippen molar-refractivity contribution in [2.45, 2.75) is 25.7 Å². The van der Waals surface area contributed by atoms with Crippen LogP contribution in [0, 0.1) is 0 Å². The molecule has 1 heteroatoms. The molecule has 0 saturated heterocycles. The van der Waals surface area contributed by atoms with Crippen LogP contribution in [-0.4, -0.2) is 0 Å². The summed E-state index contributed by atoms with van der Waals surface area (Å²) in [5.74, 6) is 0. The minimum absolute atomic E-state index is 1.10. The molecule has 0 aliphatic heterocycles. The van der Waals surface area contributed by atoms with Gasteiger partial charge in [-0.1, -0.05) is 42.5 Å². The first-order chi connectivity index (χ1) is 9.42. The average molecular weight is 249 g/mol. The lowest BCUT2D eigenvalue weighted by Gasteiger charge is -2.13. The molecule has 3 rings (SSSR count). The fraction of sp³-hybridized carbons (Fsp3) is 0.222. The molecule has 2 aliphatic rings. The fourth-order valence-electron chi connectivity index (χ4n) is 2.47. The van der Waals surface area contributed by atoms with E-state index in [2.05, 4.69) is 66.0 Å². The first-order valence-corrected chi connectivity index (χ1v) is 7.02. The Kier molecular flexibility index (Phi) is 3.64. The first kappa shape index (κ1) is 12.0. The number of hydrogen-bond donors (Lipinski definition) is 1. The molecule has 1 N–H and O–H groups in total. The molecule has 0 heterocycles. The quantitative estimate of drug-likeness (QED) is 0.789. The Balaban J connectivity index is 1.72. The molecule has 1 nitrogen and oxygen atoms in total. The smallest absolute Gasteiger partial charge is 0.0382 e. The highest BCUT2D eigenvalue weighted by Crippen LogP contribution is 2.24. The van der Waals surface area contributed by atoms with Gasteiger partial charge in [0.25, 0.3) is 0 Å². The standard InChI is InChI=1S/C18H19N/c1-3-7-15(8-4-1)16-11-13-18(14-12-16)19-17-9-5-2-6-10-17/h2-3,5,7-9,11-14,19H,1,4,6,10H2. The van der Waals surface area contributed by atoms with E-state index in [-0.39, 0.29) is 0 Å². The zero-order valence-corrected chi connectivity index (χ0v) is 11.1. The third-order valence-corrected chi connectivity index (χ3v) is 3.53. The van der Waals surface area contributed by atoms with Crippen molar-refractivity contribution in [2.75, 3.05) is 5.32 Å². The van der Waals surface area contributed by atoms with Crippen molar-refractivity contribution in [1.29, 1.82) is 0 Å². The molecule has 0 bridgehead atoms. The summed E-state index contributed by atoms with van der Waals surface area (Å²) in [6.45, 7) is 0. The van der Waals surface area contributed by atoms with Crippen LogP contribution >= 0.6 is 0 Å². The van der Waals surface area contributed by atoms with Crippen LogP contribution in [0.4, 0.5) is 5.69 Å². The Bertz CT molecular complexity index is 556. The lowest BCUT2D eigenvalue weighted by molar-refractivity contribution is 0.966. The number of benzene rings is 1. The zero-order valence-electron chi connectivity index (χ0n) is 11.1. The van der Waals surface area contributed by atoms with Gasteiger partial charge in [0.05, 0.1) is 0 Å². The summed E-state index contributed by atoms with van der Waals surface area (Å²) < 4.78 is 0. The normalized spacial score (nSPS) is 17.9. The molecule has 96 valence electrons. The molecule has 0 atom stereocenters. The number of anilines is 1. The monoisotopic (exact) mass is 249 g/mol. The maximum Gasteiger partial charge on any atom is 0.0382 e. The van der Waals surface area contributed by atoms with Gasteiger partial charge in [-0.05, 0) is 55.0 Å². The van der Waals surface area contributed by atoms with Crippen LogP contribution in [0.3, 0.4) is 0 Å². The second kappa shape index (κ2) is 5.75. The summed E-state index contributed by atoms with van der Waals surface area (Å²) in [6, 6.07) is 8.72. The van der Waals surface area contributed by atoms with E-state index in [4.69, 9.17) is 0 Å². The van der Waals surface area contributed by atoms with E-state index in [0.717, 1.165) is 19.3 Å². The van der Waals surface area contributed by atoms with Crippen LogP contribution in [0.1, 0.15) is 31.2 Å². The van der Waals surface area contributed by atoms with Crippen molar-refractivity contribution in [3.05, 3.63) is 72.0 Å². The molecular formula is C18H19N. The summed E-state index contributed by atoms with van der Waals surface area (Å²) in [7, 11) is 0. The molecule has 1 aromatic carbocycles. The predicted octanol–water partition coefficient (Wildman–Crippen LogP) is 5.07. The largest absolute Gasteiger partial charge is 0.359 e. The maximum absolute atomic E-state index is 3.48. The van der Waals surface area contributed by atoms with Gasteiger partial charge in [0.1, 0.15) is 0 Å². The lowest BCUT2D eigenvalue weighted by Crippen LogP contribution is -2.00. The van der Waals surface area contributed by atoms with Crippen molar-refractivity contribution in [2.24, 2.45) is 0 Å². The van der Waals surface area contributed by atoms with Gasteiger partial charge < -0.3 is 5.32 Å². The fourth-order valence-corrected chi connectivity index (χ4v) is 2.47. The van der Waals surface area contributed by atoms with Gasteiger partial charge in [-0.25, -0.2) is 0 Å². The van der Waals surface area contributed by atoms with Crippen LogP contribution in [0.25, 0.3) is 5.57 Å². The van der Waals surface area contributed by atoms with Gasteiger partial charge in [-0.15, -0.1) is 0 Å². The number of hydrogen-bond acceptors (Lipinski definition) is 1. The summed E-state index contributed by atoms with van der Waals surface area (Å²) in [5, 5.41) is 3.48. The topological polar surface area (TPSA) is 12.0 Å². The number of rotatable bonds is 3. The van der Waals surface area contributed by atoms with Gasteiger partial charge >= 0.3 is 0 Å². The molecule has 1 aromatic rings. The Morgan fingerprint density at radius 1 is 0.895 bits per heavy atom. The zero-order chi connectivity index (χ0) is 12.9. The van der Waals surface area contributed by atoms with E-state index < -0.39 is 0 Å².